The Hall–Kier alpha value is -8.00. The highest BCUT2D eigenvalue weighted by Gasteiger charge is 2.46. The van der Waals surface area contributed by atoms with Crippen LogP contribution in [0.1, 0.15) is 22.3 Å². The van der Waals surface area contributed by atoms with Gasteiger partial charge in [-0.3, -0.25) is 0 Å². The van der Waals surface area contributed by atoms with Crippen molar-refractivity contribution in [3.05, 3.63) is 283 Å². The van der Waals surface area contributed by atoms with Crippen LogP contribution in [0.3, 0.4) is 0 Å². The van der Waals surface area contributed by atoms with Gasteiger partial charge in [-0.15, -0.1) is 0 Å². The van der Waals surface area contributed by atoms with Gasteiger partial charge in [0.1, 0.15) is 0 Å². The zero-order valence-electron chi connectivity index (χ0n) is 34.3. The number of benzene rings is 10. The summed E-state index contributed by atoms with van der Waals surface area (Å²) in [6.07, 6.45) is 0. The highest BCUT2D eigenvalue weighted by atomic mass is 15.1. The molecule has 0 fully saturated rings. The lowest BCUT2D eigenvalue weighted by molar-refractivity contribution is 0.768. The van der Waals surface area contributed by atoms with Gasteiger partial charge in [-0.25, -0.2) is 0 Å². The van der Waals surface area contributed by atoms with Crippen molar-refractivity contribution in [1.82, 2.24) is 0 Å². The molecule has 10 aromatic rings. The van der Waals surface area contributed by atoms with Crippen molar-refractivity contribution in [3.63, 3.8) is 0 Å². The van der Waals surface area contributed by atoms with E-state index >= 15 is 0 Å². The van der Waals surface area contributed by atoms with Crippen molar-refractivity contribution in [3.8, 4) is 55.6 Å². The van der Waals surface area contributed by atoms with E-state index in [9.17, 15) is 0 Å². The predicted molar refractivity (Wildman–Crippen MR) is 260 cm³/mol. The Kier molecular flexibility index (Phi) is 9.48. The Morgan fingerprint density at radius 2 is 0.645 bits per heavy atom. The number of fused-ring (bicyclic) bond motifs is 3. The lowest BCUT2D eigenvalue weighted by Crippen LogP contribution is -2.28. The third kappa shape index (κ3) is 6.26. The van der Waals surface area contributed by atoms with E-state index in [0.29, 0.717) is 0 Å². The fourth-order valence-corrected chi connectivity index (χ4v) is 9.85. The first-order chi connectivity index (χ1) is 30.8. The first-order valence-electron chi connectivity index (χ1n) is 21.4. The van der Waals surface area contributed by atoms with Crippen LogP contribution in [0, 0.1) is 0 Å². The maximum atomic E-state index is 2.50. The summed E-state index contributed by atoms with van der Waals surface area (Å²) >= 11 is 0. The highest BCUT2D eigenvalue weighted by molar-refractivity contribution is 5.98. The lowest BCUT2D eigenvalue weighted by Gasteiger charge is -2.35. The number of hydrogen-bond acceptors (Lipinski definition) is 1. The maximum absolute atomic E-state index is 2.50. The van der Waals surface area contributed by atoms with Crippen LogP contribution in [-0.4, -0.2) is 0 Å². The summed E-state index contributed by atoms with van der Waals surface area (Å²) in [5.74, 6) is 0. The van der Waals surface area contributed by atoms with E-state index in [1.165, 1.54) is 66.8 Å². The van der Waals surface area contributed by atoms with Crippen molar-refractivity contribution in [2.45, 2.75) is 5.41 Å². The van der Waals surface area contributed by atoms with Gasteiger partial charge in [-0.2, -0.15) is 0 Å². The Morgan fingerprint density at radius 1 is 0.242 bits per heavy atom. The Balaban J connectivity index is 1.16. The van der Waals surface area contributed by atoms with E-state index in [1.807, 2.05) is 0 Å². The van der Waals surface area contributed by atoms with Gasteiger partial charge in [0.25, 0.3) is 0 Å². The molecule has 0 amide bonds. The summed E-state index contributed by atoms with van der Waals surface area (Å²) < 4.78 is 0. The SMILES string of the molecule is c1ccc(-c2ccc(-c3ccccc3-c3ccccc3N(c3ccc4c(c3)C(c3ccccc3)(c3ccccc3)c3ccccc3-4)c3ccccc3-c3ccccc3)cc2)cc1. The first kappa shape index (κ1) is 37.0. The van der Waals surface area contributed by atoms with Crippen LogP contribution in [0.2, 0.25) is 0 Å². The molecule has 0 heterocycles. The van der Waals surface area contributed by atoms with Crippen LogP contribution in [0.4, 0.5) is 17.1 Å². The summed E-state index contributed by atoms with van der Waals surface area (Å²) in [4.78, 5) is 2.50. The molecule has 0 unspecified atom stereocenters. The lowest BCUT2D eigenvalue weighted by atomic mass is 9.67. The molecule has 0 aromatic heterocycles. The average Bonchev–Trinajstić information content (AvgIpc) is 3.66. The molecule has 0 saturated carbocycles. The third-order valence-corrected chi connectivity index (χ3v) is 12.6. The minimum atomic E-state index is -0.535. The van der Waals surface area contributed by atoms with Gasteiger partial charge in [0.05, 0.1) is 16.8 Å². The first-order valence-corrected chi connectivity index (χ1v) is 21.4. The molecule has 1 nitrogen and oxygen atoms in total. The predicted octanol–water partition coefficient (Wildman–Crippen LogP) is 16.2. The molecule has 10 aromatic carbocycles. The zero-order valence-corrected chi connectivity index (χ0v) is 34.3. The summed E-state index contributed by atoms with van der Waals surface area (Å²) in [5, 5.41) is 0. The molecule has 0 bridgehead atoms. The van der Waals surface area contributed by atoms with Crippen LogP contribution in [0.25, 0.3) is 55.6 Å². The van der Waals surface area contributed by atoms with E-state index in [-0.39, 0.29) is 0 Å². The molecule has 1 aliphatic carbocycles. The summed E-state index contributed by atoms with van der Waals surface area (Å²) in [6.45, 7) is 0. The molecule has 0 radical (unpaired) electrons. The second-order valence-corrected chi connectivity index (χ2v) is 16.0. The zero-order chi connectivity index (χ0) is 41.3. The third-order valence-electron chi connectivity index (χ3n) is 12.6. The van der Waals surface area contributed by atoms with Crippen LogP contribution >= 0.6 is 0 Å². The van der Waals surface area contributed by atoms with Gasteiger partial charge >= 0.3 is 0 Å². The second-order valence-electron chi connectivity index (χ2n) is 16.0. The van der Waals surface area contributed by atoms with Crippen LogP contribution in [0.5, 0.6) is 0 Å². The molecule has 1 heteroatoms. The Bertz CT molecular complexity index is 3110. The number of anilines is 3. The van der Waals surface area contributed by atoms with Gasteiger partial charge in [0.15, 0.2) is 0 Å². The molecule has 0 N–H and O–H groups in total. The molecule has 62 heavy (non-hydrogen) atoms. The molecular weight excluding hydrogens is 747 g/mol. The normalized spacial score (nSPS) is 12.3. The van der Waals surface area contributed by atoms with Gasteiger partial charge in [-0.1, -0.05) is 237 Å². The van der Waals surface area contributed by atoms with Crippen LogP contribution in [-0.2, 0) is 5.41 Å². The van der Waals surface area contributed by atoms with E-state index in [4.69, 9.17) is 0 Å². The summed E-state index contributed by atoms with van der Waals surface area (Å²) in [6, 6.07) is 95.3. The fraction of sp³-hybridized carbons (Fsp3) is 0.0164. The Labute approximate surface area is 364 Å². The van der Waals surface area contributed by atoms with E-state index in [0.717, 1.165) is 28.2 Å². The molecule has 0 atom stereocenters. The van der Waals surface area contributed by atoms with Gasteiger partial charge in [-0.05, 0) is 91.0 Å². The number of rotatable bonds is 9. The second kappa shape index (κ2) is 15.9. The molecule has 0 saturated heterocycles. The monoisotopic (exact) mass is 789 g/mol. The standard InChI is InChI=1S/C61H43N/c1-5-21-44(22-6-1)45-37-39-47(40-38-45)51-29-13-14-31-53(51)56-33-17-20-36-60(56)62(59-35-19-16-30-52(59)46-23-7-2-8-24-46)50-41-42-55-54-32-15-18-34-57(54)61(58(55)43-50,48-25-9-3-10-26-48)49-27-11-4-12-28-49/h1-43H. The highest BCUT2D eigenvalue weighted by Crippen LogP contribution is 2.58. The molecule has 1 aliphatic rings. The quantitative estimate of drug-likeness (QED) is 0.141. The molecule has 0 aliphatic heterocycles. The fourth-order valence-electron chi connectivity index (χ4n) is 9.85. The smallest absolute Gasteiger partial charge is 0.0714 e. The molecule has 0 spiro atoms. The summed E-state index contributed by atoms with van der Waals surface area (Å²) in [7, 11) is 0. The van der Waals surface area contributed by atoms with Crippen molar-refractivity contribution < 1.29 is 0 Å². The number of para-hydroxylation sites is 2. The van der Waals surface area contributed by atoms with Gasteiger partial charge < -0.3 is 4.90 Å². The largest absolute Gasteiger partial charge is 0.309 e. The van der Waals surface area contributed by atoms with Gasteiger partial charge in [0.2, 0.25) is 0 Å². The van der Waals surface area contributed by atoms with E-state index in [2.05, 4.69) is 266 Å². The molecular formula is C61H43N. The minimum absolute atomic E-state index is 0.535. The number of hydrogen-bond donors (Lipinski definition) is 0. The maximum Gasteiger partial charge on any atom is 0.0714 e. The summed E-state index contributed by atoms with van der Waals surface area (Å²) in [5.41, 5.74) is 19.8. The topological polar surface area (TPSA) is 3.24 Å². The van der Waals surface area contributed by atoms with Crippen molar-refractivity contribution >= 4 is 17.1 Å². The van der Waals surface area contributed by atoms with Crippen LogP contribution in [0.15, 0.2) is 261 Å². The van der Waals surface area contributed by atoms with Crippen molar-refractivity contribution in [1.29, 1.82) is 0 Å². The number of nitrogens with zero attached hydrogens (tertiary/aromatic N) is 1. The molecule has 11 rings (SSSR count). The van der Waals surface area contributed by atoms with Crippen LogP contribution < -0.4 is 4.90 Å². The van der Waals surface area contributed by atoms with E-state index in [1.54, 1.807) is 0 Å². The Morgan fingerprint density at radius 3 is 1.27 bits per heavy atom. The minimum Gasteiger partial charge on any atom is -0.309 e. The van der Waals surface area contributed by atoms with Gasteiger partial charge in [0, 0.05) is 16.8 Å². The molecule has 292 valence electrons. The van der Waals surface area contributed by atoms with E-state index < -0.39 is 5.41 Å². The van der Waals surface area contributed by atoms with Crippen molar-refractivity contribution in [2.24, 2.45) is 0 Å². The average molecular weight is 790 g/mol. The van der Waals surface area contributed by atoms with Crippen molar-refractivity contribution in [2.75, 3.05) is 4.90 Å².